The molecule has 2 atom stereocenters. The zero-order valence-corrected chi connectivity index (χ0v) is 8.29. The van der Waals surface area contributed by atoms with Gasteiger partial charge in [-0.05, 0) is 42.2 Å². The van der Waals surface area contributed by atoms with Gasteiger partial charge in [-0.3, -0.25) is 0 Å². The van der Waals surface area contributed by atoms with Crippen LogP contribution in [0.15, 0.2) is 18.2 Å². The Labute approximate surface area is 82.9 Å². The van der Waals surface area contributed by atoms with Crippen molar-refractivity contribution < 1.29 is 9.50 Å². The van der Waals surface area contributed by atoms with Gasteiger partial charge < -0.3 is 5.11 Å². The first-order chi connectivity index (χ1) is 6.59. The number of hydrogen-bond acceptors (Lipinski definition) is 1. The number of rotatable bonds is 0. The lowest BCUT2D eigenvalue weighted by Gasteiger charge is -2.21. The summed E-state index contributed by atoms with van der Waals surface area (Å²) >= 11 is 0. The highest BCUT2D eigenvalue weighted by atomic mass is 19.1. The van der Waals surface area contributed by atoms with Gasteiger partial charge in [0.05, 0.1) is 0 Å². The average molecular weight is 192 g/mol. The van der Waals surface area contributed by atoms with Crippen LogP contribution in [0.4, 0.5) is 4.39 Å². The standard InChI is InChI=1S/C12H13FO/c1-7-5-9-3-4-11(13)12(14)10(9)6-8(7)2/h3-6,11-12,14H,1-2H3/t11-,12-/m1/s1. The van der Waals surface area contributed by atoms with Crippen molar-refractivity contribution in [2.45, 2.75) is 26.1 Å². The van der Waals surface area contributed by atoms with Gasteiger partial charge in [0, 0.05) is 0 Å². The van der Waals surface area contributed by atoms with Crippen LogP contribution in [0.1, 0.15) is 28.4 Å². The topological polar surface area (TPSA) is 20.2 Å². The quantitative estimate of drug-likeness (QED) is 0.670. The van der Waals surface area contributed by atoms with Gasteiger partial charge in [-0.15, -0.1) is 0 Å². The molecule has 0 saturated carbocycles. The van der Waals surface area contributed by atoms with E-state index in [2.05, 4.69) is 0 Å². The van der Waals surface area contributed by atoms with Crippen LogP contribution in [0.5, 0.6) is 0 Å². The van der Waals surface area contributed by atoms with Crippen molar-refractivity contribution in [2.24, 2.45) is 0 Å². The van der Waals surface area contributed by atoms with Gasteiger partial charge in [0.1, 0.15) is 12.3 Å². The number of halogens is 1. The summed E-state index contributed by atoms with van der Waals surface area (Å²) in [6.07, 6.45) is 0.861. The second-order valence-corrected chi connectivity index (χ2v) is 3.81. The molecule has 1 aliphatic carbocycles. The van der Waals surface area contributed by atoms with E-state index in [-0.39, 0.29) is 0 Å². The van der Waals surface area contributed by atoms with Crippen molar-refractivity contribution in [3.63, 3.8) is 0 Å². The van der Waals surface area contributed by atoms with E-state index in [1.807, 2.05) is 26.0 Å². The lowest BCUT2D eigenvalue weighted by atomic mass is 9.90. The minimum atomic E-state index is -1.27. The summed E-state index contributed by atoms with van der Waals surface area (Å²) in [6.45, 7) is 3.98. The summed E-state index contributed by atoms with van der Waals surface area (Å²) in [6, 6.07) is 3.85. The second-order valence-electron chi connectivity index (χ2n) is 3.81. The number of alkyl halides is 1. The molecule has 0 bridgehead atoms. The highest BCUT2D eigenvalue weighted by Gasteiger charge is 2.23. The summed E-state index contributed by atoms with van der Waals surface area (Å²) in [5, 5.41) is 9.62. The lowest BCUT2D eigenvalue weighted by Crippen LogP contribution is -2.15. The van der Waals surface area contributed by atoms with E-state index >= 15 is 0 Å². The van der Waals surface area contributed by atoms with E-state index in [0.29, 0.717) is 5.56 Å². The monoisotopic (exact) mass is 192 g/mol. The lowest BCUT2D eigenvalue weighted by molar-refractivity contribution is 0.102. The number of benzene rings is 1. The molecule has 2 rings (SSSR count). The van der Waals surface area contributed by atoms with Crippen LogP contribution >= 0.6 is 0 Å². The molecule has 0 saturated heterocycles. The Kier molecular flexibility index (Phi) is 2.16. The number of aliphatic hydroxyl groups is 1. The normalized spacial score (nSPS) is 24.9. The molecule has 14 heavy (non-hydrogen) atoms. The number of hydrogen-bond donors (Lipinski definition) is 1. The van der Waals surface area contributed by atoms with E-state index in [1.165, 1.54) is 6.08 Å². The highest BCUT2D eigenvalue weighted by Crippen LogP contribution is 2.31. The Balaban J connectivity index is 2.58. The van der Waals surface area contributed by atoms with Crippen molar-refractivity contribution in [1.29, 1.82) is 0 Å². The Hall–Kier alpha value is -1.15. The molecule has 1 aliphatic rings. The summed E-state index contributed by atoms with van der Waals surface area (Å²) in [7, 11) is 0. The third-order valence-electron chi connectivity index (χ3n) is 2.78. The Morgan fingerprint density at radius 1 is 1.21 bits per heavy atom. The molecule has 0 fully saturated rings. The van der Waals surface area contributed by atoms with Crippen LogP contribution in [-0.2, 0) is 0 Å². The summed E-state index contributed by atoms with van der Waals surface area (Å²) in [5.41, 5.74) is 3.88. The van der Waals surface area contributed by atoms with E-state index in [9.17, 15) is 9.50 Å². The summed E-state index contributed by atoms with van der Waals surface area (Å²) in [4.78, 5) is 0. The van der Waals surface area contributed by atoms with Gasteiger partial charge in [0.25, 0.3) is 0 Å². The molecule has 1 aromatic rings. The van der Waals surface area contributed by atoms with Gasteiger partial charge in [0.2, 0.25) is 0 Å². The maximum Gasteiger partial charge on any atom is 0.149 e. The third-order valence-corrected chi connectivity index (χ3v) is 2.78. The van der Waals surface area contributed by atoms with Crippen LogP contribution in [0.3, 0.4) is 0 Å². The molecule has 1 aromatic carbocycles. The predicted octanol–water partition coefficient (Wildman–Crippen LogP) is 2.70. The summed E-state index contributed by atoms with van der Waals surface area (Å²) in [5.74, 6) is 0. The molecule has 0 heterocycles. The van der Waals surface area contributed by atoms with E-state index < -0.39 is 12.3 Å². The number of aryl methyl sites for hydroxylation is 2. The SMILES string of the molecule is Cc1cc2c(cc1C)[C@@H](O)[C@H](F)C=C2. The maximum absolute atomic E-state index is 13.2. The van der Waals surface area contributed by atoms with Crippen LogP contribution in [-0.4, -0.2) is 11.3 Å². The van der Waals surface area contributed by atoms with Crippen LogP contribution in [0, 0.1) is 13.8 Å². The minimum absolute atomic E-state index is 0.697. The van der Waals surface area contributed by atoms with Crippen LogP contribution in [0.25, 0.3) is 6.08 Å². The molecule has 1 nitrogen and oxygen atoms in total. The molecule has 0 radical (unpaired) electrons. The largest absolute Gasteiger partial charge is 0.385 e. The number of fused-ring (bicyclic) bond motifs is 1. The van der Waals surface area contributed by atoms with E-state index in [0.717, 1.165) is 16.7 Å². The second kappa shape index (κ2) is 3.21. The molecule has 0 unspecified atom stereocenters. The Morgan fingerprint density at radius 3 is 2.57 bits per heavy atom. The van der Waals surface area contributed by atoms with Crippen molar-refractivity contribution in [3.8, 4) is 0 Å². The van der Waals surface area contributed by atoms with Crippen molar-refractivity contribution >= 4 is 6.08 Å². The fourth-order valence-corrected chi connectivity index (χ4v) is 1.73. The van der Waals surface area contributed by atoms with Crippen LogP contribution in [0.2, 0.25) is 0 Å². The fourth-order valence-electron chi connectivity index (χ4n) is 1.73. The molecule has 2 heteroatoms. The van der Waals surface area contributed by atoms with Gasteiger partial charge in [-0.2, -0.15) is 0 Å². The zero-order valence-electron chi connectivity index (χ0n) is 8.29. The molecule has 0 aliphatic heterocycles. The average Bonchev–Trinajstić information content (AvgIpc) is 2.15. The van der Waals surface area contributed by atoms with Crippen molar-refractivity contribution in [1.82, 2.24) is 0 Å². The predicted molar refractivity (Wildman–Crippen MR) is 54.8 cm³/mol. The van der Waals surface area contributed by atoms with Crippen LogP contribution < -0.4 is 0 Å². The summed E-state index contributed by atoms with van der Waals surface area (Å²) < 4.78 is 13.2. The van der Waals surface area contributed by atoms with Gasteiger partial charge >= 0.3 is 0 Å². The molecule has 0 spiro atoms. The molecule has 0 amide bonds. The van der Waals surface area contributed by atoms with Crippen molar-refractivity contribution in [3.05, 3.63) is 40.5 Å². The first-order valence-corrected chi connectivity index (χ1v) is 4.71. The zero-order chi connectivity index (χ0) is 10.3. The van der Waals surface area contributed by atoms with Gasteiger partial charge in [-0.1, -0.05) is 18.2 Å². The van der Waals surface area contributed by atoms with Crippen molar-refractivity contribution in [2.75, 3.05) is 0 Å². The maximum atomic E-state index is 13.2. The molecular weight excluding hydrogens is 179 g/mol. The van der Waals surface area contributed by atoms with E-state index in [4.69, 9.17) is 0 Å². The van der Waals surface area contributed by atoms with E-state index in [1.54, 1.807) is 6.08 Å². The third kappa shape index (κ3) is 1.36. The van der Waals surface area contributed by atoms with Gasteiger partial charge in [0.15, 0.2) is 0 Å². The number of aliphatic hydroxyl groups excluding tert-OH is 1. The molecule has 1 N–H and O–H groups in total. The Bertz CT molecular complexity index is 396. The first-order valence-electron chi connectivity index (χ1n) is 4.71. The van der Waals surface area contributed by atoms with Gasteiger partial charge in [-0.25, -0.2) is 4.39 Å². The fraction of sp³-hybridized carbons (Fsp3) is 0.333. The molecular formula is C12H13FO. The smallest absolute Gasteiger partial charge is 0.149 e. The molecule has 74 valence electrons. The molecule has 0 aromatic heterocycles. The minimum Gasteiger partial charge on any atom is -0.385 e. The highest BCUT2D eigenvalue weighted by molar-refractivity contribution is 5.60. The first kappa shape index (κ1) is 9.41. The Morgan fingerprint density at radius 2 is 1.86 bits per heavy atom.